The molecule has 2 aromatic carbocycles. The van der Waals surface area contributed by atoms with Crippen molar-refractivity contribution in [3.05, 3.63) is 69.6 Å². The molecule has 2 aromatic heterocycles. The van der Waals surface area contributed by atoms with E-state index in [1.807, 2.05) is 31.2 Å². The normalized spacial score (nSPS) is 12.2. The fraction of sp³-hybridized carbons (Fsp3) is 0.261. The van der Waals surface area contributed by atoms with E-state index in [2.05, 4.69) is 39.8 Å². The summed E-state index contributed by atoms with van der Waals surface area (Å²) in [5, 5.41) is 1.98. The van der Waals surface area contributed by atoms with Crippen LogP contribution in [-0.4, -0.2) is 0 Å². The highest BCUT2D eigenvalue weighted by Gasteiger charge is 2.20. The number of hydrogen-bond donors (Lipinski definition) is 0. The lowest BCUT2D eigenvalue weighted by Gasteiger charge is -2.19. The van der Waals surface area contributed by atoms with Crippen LogP contribution >= 0.6 is 0 Å². The van der Waals surface area contributed by atoms with Gasteiger partial charge >= 0.3 is 5.63 Å². The lowest BCUT2D eigenvalue weighted by Crippen LogP contribution is -2.11. The number of hydrogen-bond acceptors (Lipinski definition) is 3. The SMILES string of the molecule is Cc1ccc2oc(-c3cc(=O)oc4ccc(C(C)(C)C)cc34)c(C)c2c1. The van der Waals surface area contributed by atoms with Crippen LogP contribution in [0.4, 0.5) is 0 Å². The van der Waals surface area contributed by atoms with E-state index in [4.69, 9.17) is 8.83 Å². The first-order valence-electron chi connectivity index (χ1n) is 8.82. The van der Waals surface area contributed by atoms with Gasteiger partial charge in [-0.1, -0.05) is 38.5 Å². The predicted molar refractivity (Wildman–Crippen MR) is 106 cm³/mol. The molecule has 132 valence electrons. The van der Waals surface area contributed by atoms with Gasteiger partial charge in [-0.15, -0.1) is 0 Å². The van der Waals surface area contributed by atoms with E-state index in [1.165, 1.54) is 17.2 Å². The highest BCUT2D eigenvalue weighted by molar-refractivity contribution is 5.97. The van der Waals surface area contributed by atoms with Crippen molar-refractivity contribution >= 4 is 21.9 Å². The van der Waals surface area contributed by atoms with Crippen molar-refractivity contribution in [2.24, 2.45) is 0 Å². The van der Waals surface area contributed by atoms with Gasteiger partial charge in [-0.25, -0.2) is 4.79 Å². The minimum atomic E-state index is -0.368. The average molecular weight is 346 g/mol. The quantitative estimate of drug-likeness (QED) is 0.390. The van der Waals surface area contributed by atoms with Crippen LogP contribution in [0.15, 0.2) is 56.1 Å². The summed E-state index contributed by atoms with van der Waals surface area (Å²) in [5.74, 6) is 0.731. The third-order valence-corrected chi connectivity index (χ3v) is 4.94. The monoisotopic (exact) mass is 346 g/mol. The molecule has 4 rings (SSSR count). The molecule has 0 spiro atoms. The summed E-state index contributed by atoms with van der Waals surface area (Å²) < 4.78 is 11.6. The van der Waals surface area contributed by atoms with Crippen molar-refractivity contribution in [1.82, 2.24) is 0 Å². The summed E-state index contributed by atoms with van der Waals surface area (Å²) in [4.78, 5) is 12.1. The van der Waals surface area contributed by atoms with Crippen molar-refractivity contribution in [3.8, 4) is 11.3 Å². The van der Waals surface area contributed by atoms with Crippen LogP contribution in [0.5, 0.6) is 0 Å². The molecule has 26 heavy (non-hydrogen) atoms. The van der Waals surface area contributed by atoms with Crippen LogP contribution in [0, 0.1) is 13.8 Å². The van der Waals surface area contributed by atoms with E-state index in [9.17, 15) is 4.79 Å². The molecule has 3 heteroatoms. The van der Waals surface area contributed by atoms with Crippen LogP contribution in [0.1, 0.15) is 37.5 Å². The number of furan rings is 1. The molecule has 0 unspecified atom stereocenters. The van der Waals surface area contributed by atoms with Crippen molar-refractivity contribution in [3.63, 3.8) is 0 Å². The summed E-state index contributed by atoms with van der Waals surface area (Å²) in [7, 11) is 0. The van der Waals surface area contributed by atoms with Gasteiger partial charge in [0.1, 0.15) is 16.9 Å². The van der Waals surface area contributed by atoms with Crippen molar-refractivity contribution < 1.29 is 8.83 Å². The van der Waals surface area contributed by atoms with E-state index in [0.717, 1.165) is 33.2 Å². The first kappa shape index (κ1) is 16.6. The highest BCUT2D eigenvalue weighted by atomic mass is 16.4. The summed E-state index contributed by atoms with van der Waals surface area (Å²) in [6.45, 7) is 10.6. The Morgan fingerprint density at radius 1 is 0.808 bits per heavy atom. The van der Waals surface area contributed by atoms with Gasteiger partial charge in [0.2, 0.25) is 0 Å². The lowest BCUT2D eigenvalue weighted by atomic mass is 9.86. The number of fused-ring (bicyclic) bond motifs is 2. The standard InChI is InChI=1S/C23H22O3/c1-13-6-8-19-16(10-13)14(2)22(26-19)18-12-21(24)25-20-9-7-15(11-17(18)20)23(3,4)5/h6-12H,1-5H3. The van der Waals surface area contributed by atoms with Gasteiger partial charge in [-0.2, -0.15) is 0 Å². The van der Waals surface area contributed by atoms with E-state index >= 15 is 0 Å². The van der Waals surface area contributed by atoms with Gasteiger partial charge in [-0.3, -0.25) is 0 Å². The fourth-order valence-electron chi connectivity index (χ4n) is 3.41. The summed E-state index contributed by atoms with van der Waals surface area (Å²) >= 11 is 0. The third-order valence-electron chi connectivity index (χ3n) is 4.94. The smallest absolute Gasteiger partial charge is 0.336 e. The second-order valence-electron chi connectivity index (χ2n) is 8.00. The molecule has 2 heterocycles. The largest absolute Gasteiger partial charge is 0.456 e. The molecule has 3 nitrogen and oxygen atoms in total. The minimum absolute atomic E-state index is 0.00162. The predicted octanol–water partition coefficient (Wildman–Crippen LogP) is 6.12. The first-order valence-corrected chi connectivity index (χ1v) is 8.82. The molecule has 0 fully saturated rings. The molecule has 0 atom stereocenters. The zero-order valence-electron chi connectivity index (χ0n) is 15.8. The van der Waals surface area contributed by atoms with Crippen LogP contribution in [0.25, 0.3) is 33.3 Å². The van der Waals surface area contributed by atoms with Crippen LogP contribution in [-0.2, 0) is 5.41 Å². The van der Waals surface area contributed by atoms with Gasteiger partial charge in [0.15, 0.2) is 0 Å². The molecule has 0 bridgehead atoms. The lowest BCUT2D eigenvalue weighted by molar-refractivity contribution is 0.557. The Morgan fingerprint density at radius 2 is 1.50 bits per heavy atom. The van der Waals surface area contributed by atoms with Crippen molar-refractivity contribution in [2.45, 2.75) is 40.0 Å². The maximum absolute atomic E-state index is 12.1. The fourth-order valence-corrected chi connectivity index (χ4v) is 3.41. The van der Waals surface area contributed by atoms with Gasteiger partial charge < -0.3 is 8.83 Å². The third kappa shape index (κ3) is 2.64. The molecule has 0 radical (unpaired) electrons. The summed E-state index contributed by atoms with van der Waals surface area (Å²) in [6, 6.07) is 13.7. The second-order valence-corrected chi connectivity index (χ2v) is 8.00. The Kier molecular flexibility index (Phi) is 3.58. The number of aryl methyl sites for hydroxylation is 2. The molecular weight excluding hydrogens is 324 g/mol. The van der Waals surface area contributed by atoms with E-state index in [0.29, 0.717) is 5.58 Å². The van der Waals surface area contributed by atoms with Crippen molar-refractivity contribution in [1.29, 1.82) is 0 Å². The molecular formula is C23H22O3. The zero-order valence-corrected chi connectivity index (χ0v) is 15.8. The second kappa shape index (κ2) is 5.60. The minimum Gasteiger partial charge on any atom is -0.456 e. The maximum atomic E-state index is 12.1. The first-order chi connectivity index (χ1) is 12.2. The molecule has 0 aliphatic heterocycles. The van der Waals surface area contributed by atoms with Gasteiger partial charge in [0.25, 0.3) is 0 Å². The average Bonchev–Trinajstić information content (AvgIpc) is 2.89. The number of rotatable bonds is 1. The molecule has 0 N–H and O–H groups in total. The molecule has 4 aromatic rings. The van der Waals surface area contributed by atoms with E-state index in [1.54, 1.807) is 0 Å². The summed E-state index contributed by atoms with van der Waals surface area (Å²) in [6.07, 6.45) is 0. The molecule has 0 aliphatic carbocycles. The Hall–Kier alpha value is -2.81. The van der Waals surface area contributed by atoms with Crippen LogP contribution in [0.2, 0.25) is 0 Å². The molecule has 0 aliphatic rings. The van der Waals surface area contributed by atoms with E-state index < -0.39 is 0 Å². The Bertz CT molecular complexity index is 1200. The van der Waals surface area contributed by atoms with Gasteiger partial charge in [0.05, 0.1) is 0 Å². The van der Waals surface area contributed by atoms with Crippen molar-refractivity contribution in [2.75, 3.05) is 0 Å². The molecule has 0 amide bonds. The zero-order chi connectivity index (χ0) is 18.6. The van der Waals surface area contributed by atoms with Gasteiger partial charge in [0, 0.05) is 28.0 Å². The number of benzene rings is 2. The molecule has 0 saturated carbocycles. The highest BCUT2D eigenvalue weighted by Crippen LogP contribution is 2.37. The Morgan fingerprint density at radius 3 is 2.23 bits per heavy atom. The van der Waals surface area contributed by atoms with Gasteiger partial charge in [-0.05, 0) is 49.1 Å². The topological polar surface area (TPSA) is 43.4 Å². The van der Waals surface area contributed by atoms with E-state index in [-0.39, 0.29) is 11.0 Å². The van der Waals surface area contributed by atoms with Crippen LogP contribution in [0.3, 0.4) is 0 Å². The summed E-state index contributed by atoms with van der Waals surface area (Å²) in [5.41, 5.74) is 5.23. The molecule has 0 saturated heterocycles. The Balaban J connectivity index is 2.07. The Labute approximate surface area is 152 Å². The maximum Gasteiger partial charge on any atom is 0.336 e. The van der Waals surface area contributed by atoms with Crippen LogP contribution < -0.4 is 5.63 Å².